The number of carbonyl (C=O) groups excluding carboxylic acids is 1. The average molecular weight is 201 g/mol. The van der Waals surface area contributed by atoms with Gasteiger partial charge in [-0.25, -0.2) is 4.79 Å². The summed E-state index contributed by atoms with van der Waals surface area (Å²) in [6.45, 7) is 3.52. The molecule has 2 N–H and O–H groups in total. The quantitative estimate of drug-likeness (QED) is 0.656. The van der Waals surface area contributed by atoms with Crippen LogP contribution < -0.4 is 0 Å². The molecule has 1 fully saturated rings. The standard InChI is InChI=1S/C9H15NO4/c1-6-3-7(11)10(4-6)5-9(2,14)8(12)13/h6,14H,3-5H2,1-2H3,(H,12,13). The van der Waals surface area contributed by atoms with Gasteiger partial charge in [0.05, 0.1) is 6.54 Å². The van der Waals surface area contributed by atoms with Gasteiger partial charge in [0.1, 0.15) is 0 Å². The largest absolute Gasteiger partial charge is 0.479 e. The lowest BCUT2D eigenvalue weighted by molar-refractivity contribution is -0.159. The Hall–Kier alpha value is -1.10. The molecule has 2 atom stereocenters. The van der Waals surface area contributed by atoms with E-state index in [9.17, 15) is 14.7 Å². The maximum absolute atomic E-state index is 11.3. The van der Waals surface area contributed by atoms with Crippen molar-refractivity contribution in [2.45, 2.75) is 25.9 Å². The molecule has 14 heavy (non-hydrogen) atoms. The third kappa shape index (κ3) is 2.23. The normalized spacial score (nSPS) is 26.4. The van der Waals surface area contributed by atoms with Crippen LogP contribution in [0.1, 0.15) is 20.3 Å². The molecular weight excluding hydrogens is 186 g/mol. The molecule has 1 saturated heterocycles. The van der Waals surface area contributed by atoms with Crippen LogP contribution in [0.5, 0.6) is 0 Å². The van der Waals surface area contributed by atoms with Gasteiger partial charge in [0.25, 0.3) is 0 Å². The molecule has 0 aliphatic carbocycles. The number of aliphatic hydroxyl groups is 1. The molecule has 0 aromatic heterocycles. The number of nitrogens with zero attached hydrogens (tertiary/aromatic N) is 1. The molecule has 1 aliphatic rings. The zero-order valence-corrected chi connectivity index (χ0v) is 8.36. The number of carboxylic acid groups (broad SMARTS) is 1. The fraction of sp³-hybridized carbons (Fsp3) is 0.778. The van der Waals surface area contributed by atoms with Crippen molar-refractivity contribution in [1.82, 2.24) is 4.90 Å². The molecule has 0 bridgehead atoms. The molecule has 5 nitrogen and oxygen atoms in total. The Labute approximate surface area is 82.3 Å². The van der Waals surface area contributed by atoms with E-state index < -0.39 is 11.6 Å². The van der Waals surface area contributed by atoms with Crippen molar-refractivity contribution in [3.8, 4) is 0 Å². The molecule has 0 saturated carbocycles. The summed E-state index contributed by atoms with van der Waals surface area (Å²) in [4.78, 5) is 23.3. The van der Waals surface area contributed by atoms with Crippen molar-refractivity contribution in [3.05, 3.63) is 0 Å². The molecule has 2 unspecified atom stereocenters. The molecule has 0 radical (unpaired) electrons. The fourth-order valence-corrected chi connectivity index (χ4v) is 1.56. The smallest absolute Gasteiger partial charge is 0.337 e. The predicted octanol–water partition coefficient (Wildman–Crippen LogP) is -0.310. The molecule has 0 spiro atoms. The van der Waals surface area contributed by atoms with Crippen LogP contribution in [0.25, 0.3) is 0 Å². The molecule has 80 valence electrons. The second-order valence-corrected chi connectivity index (χ2v) is 4.16. The Morgan fingerprint density at radius 3 is 2.64 bits per heavy atom. The Bertz CT molecular complexity index is 262. The minimum atomic E-state index is -1.85. The lowest BCUT2D eigenvalue weighted by Crippen LogP contribution is -2.47. The van der Waals surface area contributed by atoms with Gasteiger partial charge >= 0.3 is 5.97 Å². The number of hydrogen-bond donors (Lipinski definition) is 2. The highest BCUT2D eigenvalue weighted by Crippen LogP contribution is 2.19. The first kappa shape index (κ1) is 11.0. The maximum Gasteiger partial charge on any atom is 0.337 e. The number of carbonyl (C=O) groups is 2. The number of β-amino-alcohol motifs (C(OH)–C–C–N with tert-alkyl or cyclic N) is 1. The number of rotatable bonds is 3. The van der Waals surface area contributed by atoms with Crippen molar-refractivity contribution in [2.24, 2.45) is 5.92 Å². The van der Waals surface area contributed by atoms with Crippen LogP contribution in [0.3, 0.4) is 0 Å². The summed E-state index contributed by atoms with van der Waals surface area (Å²) in [6, 6.07) is 0. The average Bonchev–Trinajstić information content (AvgIpc) is 2.29. The molecular formula is C9H15NO4. The highest BCUT2D eigenvalue weighted by Gasteiger charge is 2.37. The van der Waals surface area contributed by atoms with Crippen molar-refractivity contribution >= 4 is 11.9 Å². The summed E-state index contributed by atoms with van der Waals surface area (Å²) in [5, 5.41) is 18.1. The van der Waals surface area contributed by atoms with Crippen molar-refractivity contribution in [1.29, 1.82) is 0 Å². The van der Waals surface area contributed by atoms with Gasteiger partial charge in [0, 0.05) is 13.0 Å². The maximum atomic E-state index is 11.3. The van der Waals surface area contributed by atoms with Crippen molar-refractivity contribution in [2.75, 3.05) is 13.1 Å². The minimum Gasteiger partial charge on any atom is -0.479 e. The SMILES string of the molecule is CC1CC(=O)N(CC(C)(O)C(=O)O)C1. The predicted molar refractivity (Wildman–Crippen MR) is 48.6 cm³/mol. The molecule has 1 rings (SSSR count). The van der Waals surface area contributed by atoms with Gasteiger partial charge in [0.15, 0.2) is 5.60 Å². The topological polar surface area (TPSA) is 77.8 Å². The van der Waals surface area contributed by atoms with Crippen LogP contribution in [0.2, 0.25) is 0 Å². The molecule has 0 aromatic carbocycles. The van der Waals surface area contributed by atoms with Crippen LogP contribution in [-0.4, -0.2) is 45.7 Å². The van der Waals surface area contributed by atoms with Crippen LogP contribution >= 0.6 is 0 Å². The van der Waals surface area contributed by atoms with E-state index >= 15 is 0 Å². The molecule has 1 amide bonds. The Morgan fingerprint density at radius 2 is 2.29 bits per heavy atom. The Balaban J connectivity index is 2.61. The van der Waals surface area contributed by atoms with Crippen molar-refractivity contribution < 1.29 is 19.8 Å². The summed E-state index contributed by atoms with van der Waals surface area (Å²) >= 11 is 0. The first-order valence-electron chi connectivity index (χ1n) is 4.56. The van der Waals surface area contributed by atoms with E-state index in [1.165, 1.54) is 11.8 Å². The van der Waals surface area contributed by atoms with Gasteiger partial charge in [-0.1, -0.05) is 6.92 Å². The van der Waals surface area contributed by atoms with Gasteiger partial charge in [-0.2, -0.15) is 0 Å². The van der Waals surface area contributed by atoms with E-state index in [1.807, 2.05) is 6.92 Å². The summed E-state index contributed by atoms with van der Waals surface area (Å²) < 4.78 is 0. The van der Waals surface area contributed by atoms with Gasteiger partial charge < -0.3 is 15.1 Å². The van der Waals surface area contributed by atoms with Gasteiger partial charge in [-0.3, -0.25) is 4.79 Å². The summed E-state index contributed by atoms with van der Waals surface area (Å²) in [6.07, 6.45) is 0.440. The minimum absolute atomic E-state index is 0.0842. The van der Waals surface area contributed by atoms with Crippen LogP contribution in [0.4, 0.5) is 0 Å². The first-order chi connectivity index (χ1) is 6.33. The van der Waals surface area contributed by atoms with E-state index in [2.05, 4.69) is 0 Å². The third-order valence-electron chi connectivity index (χ3n) is 2.37. The zero-order chi connectivity index (χ0) is 10.9. The van der Waals surface area contributed by atoms with Crippen molar-refractivity contribution in [3.63, 3.8) is 0 Å². The second-order valence-electron chi connectivity index (χ2n) is 4.16. The van der Waals surface area contributed by atoms with E-state index in [-0.39, 0.29) is 18.4 Å². The van der Waals surface area contributed by atoms with Crippen LogP contribution in [-0.2, 0) is 9.59 Å². The highest BCUT2D eigenvalue weighted by atomic mass is 16.4. The molecule has 1 heterocycles. The molecule has 1 aliphatic heterocycles. The lowest BCUT2D eigenvalue weighted by atomic mass is 10.1. The van der Waals surface area contributed by atoms with E-state index in [0.29, 0.717) is 13.0 Å². The number of aliphatic carboxylic acids is 1. The third-order valence-corrected chi connectivity index (χ3v) is 2.37. The second kappa shape index (κ2) is 3.57. The number of likely N-dealkylation sites (tertiary alicyclic amines) is 1. The lowest BCUT2D eigenvalue weighted by Gasteiger charge is -2.25. The van der Waals surface area contributed by atoms with Gasteiger partial charge in [-0.15, -0.1) is 0 Å². The van der Waals surface area contributed by atoms with Crippen LogP contribution in [0, 0.1) is 5.92 Å². The summed E-state index contributed by atoms with van der Waals surface area (Å²) in [7, 11) is 0. The Kier molecular flexibility index (Phi) is 2.80. The molecule has 0 aromatic rings. The van der Waals surface area contributed by atoms with Gasteiger partial charge in [-0.05, 0) is 12.8 Å². The summed E-state index contributed by atoms with van der Waals surface area (Å²) in [5.41, 5.74) is -1.85. The highest BCUT2D eigenvalue weighted by molar-refractivity contribution is 5.81. The zero-order valence-electron chi connectivity index (χ0n) is 8.36. The summed E-state index contributed by atoms with van der Waals surface area (Å²) in [5.74, 6) is -1.14. The van der Waals surface area contributed by atoms with Crippen LogP contribution in [0.15, 0.2) is 0 Å². The molecule has 5 heteroatoms. The number of carboxylic acids is 1. The number of amides is 1. The van der Waals surface area contributed by atoms with E-state index in [1.54, 1.807) is 0 Å². The van der Waals surface area contributed by atoms with E-state index in [0.717, 1.165) is 0 Å². The fourth-order valence-electron chi connectivity index (χ4n) is 1.56. The monoisotopic (exact) mass is 201 g/mol. The Morgan fingerprint density at radius 1 is 1.71 bits per heavy atom. The van der Waals surface area contributed by atoms with E-state index in [4.69, 9.17) is 5.11 Å². The first-order valence-corrected chi connectivity index (χ1v) is 4.56. The van der Waals surface area contributed by atoms with Gasteiger partial charge in [0.2, 0.25) is 5.91 Å². The number of hydrogen-bond acceptors (Lipinski definition) is 3.